The van der Waals surface area contributed by atoms with Gasteiger partial charge in [-0.05, 0) is 56.3 Å². The van der Waals surface area contributed by atoms with Gasteiger partial charge in [0.15, 0.2) is 5.78 Å². The predicted molar refractivity (Wildman–Crippen MR) is 90.8 cm³/mol. The number of ketones is 1. The number of halogens is 1. The summed E-state index contributed by atoms with van der Waals surface area (Å²) >= 11 is 0. The number of amides is 1. The molecule has 0 atom stereocenters. The average Bonchev–Trinajstić information content (AvgIpc) is 2.54. The summed E-state index contributed by atoms with van der Waals surface area (Å²) in [6, 6.07) is 12.6. The first-order valence-electron chi connectivity index (χ1n) is 7.43. The average molecular weight is 322 g/mol. The molecular formula is C19H15FN2O2. The first-order chi connectivity index (χ1) is 11.4. The summed E-state index contributed by atoms with van der Waals surface area (Å²) in [6.45, 7) is 3.19. The van der Waals surface area contributed by atoms with E-state index in [1.807, 2.05) is 0 Å². The van der Waals surface area contributed by atoms with Crippen LogP contribution in [0.25, 0.3) is 10.9 Å². The molecule has 2 aromatic carbocycles. The highest BCUT2D eigenvalue weighted by Gasteiger charge is 2.12. The quantitative estimate of drug-likeness (QED) is 0.737. The number of nitrogens with zero attached hydrogens (tertiary/aromatic N) is 1. The summed E-state index contributed by atoms with van der Waals surface area (Å²) < 4.78 is 13.3. The predicted octanol–water partition coefficient (Wildman–Crippen LogP) is 4.14. The first-order valence-corrected chi connectivity index (χ1v) is 7.43. The van der Waals surface area contributed by atoms with Gasteiger partial charge in [-0.3, -0.25) is 14.6 Å². The molecule has 1 aromatic heterocycles. The van der Waals surface area contributed by atoms with Crippen LogP contribution < -0.4 is 5.32 Å². The molecule has 0 spiro atoms. The van der Waals surface area contributed by atoms with Crippen LogP contribution in [0, 0.1) is 12.7 Å². The van der Waals surface area contributed by atoms with Crippen molar-refractivity contribution in [2.24, 2.45) is 0 Å². The molecule has 0 aliphatic rings. The minimum Gasteiger partial charge on any atom is -0.322 e. The minimum absolute atomic E-state index is 0.0327. The summed E-state index contributed by atoms with van der Waals surface area (Å²) in [7, 11) is 0. The van der Waals surface area contributed by atoms with Crippen molar-refractivity contribution in [2.75, 3.05) is 5.32 Å². The molecule has 0 aliphatic carbocycles. The molecule has 1 amide bonds. The van der Waals surface area contributed by atoms with Crippen LogP contribution >= 0.6 is 0 Å². The molecule has 0 radical (unpaired) electrons. The Morgan fingerprint density at radius 3 is 2.42 bits per heavy atom. The third kappa shape index (κ3) is 3.15. The fourth-order valence-corrected chi connectivity index (χ4v) is 2.45. The van der Waals surface area contributed by atoms with Crippen LogP contribution in [0.3, 0.4) is 0 Å². The molecule has 4 nitrogen and oxygen atoms in total. The van der Waals surface area contributed by atoms with Crippen LogP contribution in [-0.4, -0.2) is 16.7 Å². The number of nitrogens with one attached hydrogen (secondary N) is 1. The van der Waals surface area contributed by atoms with Gasteiger partial charge < -0.3 is 5.32 Å². The molecule has 3 aromatic rings. The second kappa shape index (κ2) is 6.20. The molecule has 1 N–H and O–H groups in total. The Morgan fingerprint density at radius 1 is 1.04 bits per heavy atom. The molecule has 0 bridgehead atoms. The molecule has 3 rings (SSSR count). The lowest BCUT2D eigenvalue weighted by atomic mass is 10.1. The zero-order chi connectivity index (χ0) is 17.3. The Morgan fingerprint density at radius 2 is 1.75 bits per heavy atom. The van der Waals surface area contributed by atoms with Crippen molar-refractivity contribution in [1.29, 1.82) is 0 Å². The lowest BCUT2D eigenvalue weighted by Crippen LogP contribution is -2.14. The highest BCUT2D eigenvalue weighted by molar-refractivity contribution is 6.07. The fraction of sp³-hybridized carbons (Fsp3) is 0.105. The number of hydrogen-bond acceptors (Lipinski definition) is 3. The standard InChI is InChI=1S/C19H15FN2O2/c1-11-17(9-14-3-6-15(20)10-18(14)21-11)19(24)22-16-7-4-13(5-8-16)12(2)23/h3-10H,1-2H3,(H,22,24). The highest BCUT2D eigenvalue weighted by atomic mass is 19.1. The maximum atomic E-state index is 13.3. The number of aryl methyl sites for hydroxylation is 1. The molecule has 0 fully saturated rings. The van der Waals surface area contributed by atoms with Crippen molar-refractivity contribution < 1.29 is 14.0 Å². The van der Waals surface area contributed by atoms with Gasteiger partial charge in [0.2, 0.25) is 0 Å². The molecule has 0 saturated heterocycles. The number of rotatable bonds is 3. The molecule has 0 unspecified atom stereocenters. The summed E-state index contributed by atoms with van der Waals surface area (Å²) in [6.07, 6.45) is 0. The number of benzene rings is 2. The Labute approximate surface area is 138 Å². The van der Waals surface area contributed by atoms with Gasteiger partial charge in [0.1, 0.15) is 5.82 Å². The molecule has 5 heteroatoms. The van der Waals surface area contributed by atoms with Crippen LogP contribution in [0.2, 0.25) is 0 Å². The zero-order valence-electron chi connectivity index (χ0n) is 13.3. The molecule has 1 heterocycles. The maximum absolute atomic E-state index is 13.3. The summed E-state index contributed by atoms with van der Waals surface area (Å²) in [5.74, 6) is -0.700. The number of Topliss-reactive ketones (excluding diaryl/α,β-unsaturated/α-hetero) is 1. The number of aromatic nitrogens is 1. The van der Waals surface area contributed by atoms with E-state index in [9.17, 15) is 14.0 Å². The van der Waals surface area contributed by atoms with Gasteiger partial charge in [0.25, 0.3) is 5.91 Å². The minimum atomic E-state index is -0.364. The van der Waals surface area contributed by atoms with Crippen molar-refractivity contribution in [3.8, 4) is 0 Å². The van der Waals surface area contributed by atoms with Crippen molar-refractivity contribution >= 4 is 28.3 Å². The molecule has 24 heavy (non-hydrogen) atoms. The van der Waals surface area contributed by atoms with Crippen molar-refractivity contribution in [3.05, 3.63) is 71.2 Å². The van der Waals surface area contributed by atoms with Crippen molar-refractivity contribution in [2.45, 2.75) is 13.8 Å². The lowest BCUT2D eigenvalue weighted by Gasteiger charge is -2.09. The Hall–Kier alpha value is -3.08. The summed E-state index contributed by atoms with van der Waals surface area (Å²) in [5, 5.41) is 3.47. The van der Waals surface area contributed by atoms with E-state index >= 15 is 0 Å². The van der Waals surface area contributed by atoms with Crippen molar-refractivity contribution in [1.82, 2.24) is 4.98 Å². The van der Waals surface area contributed by atoms with E-state index in [1.54, 1.807) is 43.3 Å². The summed E-state index contributed by atoms with van der Waals surface area (Å²) in [4.78, 5) is 28.0. The first kappa shape index (κ1) is 15.8. The van der Waals surface area contributed by atoms with Gasteiger partial charge in [0.05, 0.1) is 16.8 Å². The van der Waals surface area contributed by atoms with Gasteiger partial charge in [-0.1, -0.05) is 0 Å². The highest BCUT2D eigenvalue weighted by Crippen LogP contribution is 2.19. The number of carbonyl (C=O) groups is 2. The van der Waals surface area contributed by atoms with E-state index in [1.165, 1.54) is 19.1 Å². The van der Waals surface area contributed by atoms with Crippen LogP contribution in [0.15, 0.2) is 48.5 Å². The smallest absolute Gasteiger partial charge is 0.257 e. The Kier molecular flexibility index (Phi) is 4.08. The van der Waals surface area contributed by atoms with E-state index in [0.717, 1.165) is 0 Å². The Balaban J connectivity index is 1.89. The van der Waals surface area contributed by atoms with Crippen LogP contribution in [0.4, 0.5) is 10.1 Å². The molecule has 120 valence electrons. The van der Waals surface area contributed by atoms with Gasteiger partial charge in [-0.2, -0.15) is 0 Å². The van der Waals surface area contributed by atoms with Crippen LogP contribution in [0.1, 0.15) is 33.3 Å². The molecule has 0 saturated carbocycles. The van der Waals surface area contributed by atoms with E-state index in [0.29, 0.717) is 33.4 Å². The van der Waals surface area contributed by atoms with Gasteiger partial charge in [-0.15, -0.1) is 0 Å². The van der Waals surface area contributed by atoms with Crippen LogP contribution in [0.5, 0.6) is 0 Å². The lowest BCUT2D eigenvalue weighted by molar-refractivity contribution is 0.101. The third-order valence-corrected chi connectivity index (χ3v) is 3.76. The number of anilines is 1. The largest absolute Gasteiger partial charge is 0.322 e. The maximum Gasteiger partial charge on any atom is 0.257 e. The molecular weight excluding hydrogens is 307 g/mol. The zero-order valence-corrected chi connectivity index (χ0v) is 13.3. The summed E-state index contributed by atoms with van der Waals surface area (Å²) in [5.41, 5.74) is 2.62. The topological polar surface area (TPSA) is 59.1 Å². The SMILES string of the molecule is CC(=O)c1ccc(NC(=O)c2cc3ccc(F)cc3nc2C)cc1. The van der Waals surface area contributed by atoms with Gasteiger partial charge in [-0.25, -0.2) is 4.39 Å². The van der Waals surface area contributed by atoms with E-state index in [4.69, 9.17) is 0 Å². The number of fused-ring (bicyclic) bond motifs is 1. The third-order valence-electron chi connectivity index (χ3n) is 3.76. The van der Waals surface area contributed by atoms with E-state index in [2.05, 4.69) is 10.3 Å². The second-order valence-corrected chi connectivity index (χ2v) is 5.55. The second-order valence-electron chi connectivity index (χ2n) is 5.55. The number of hydrogen-bond donors (Lipinski definition) is 1. The van der Waals surface area contributed by atoms with Crippen LogP contribution in [-0.2, 0) is 0 Å². The van der Waals surface area contributed by atoms with E-state index in [-0.39, 0.29) is 17.5 Å². The van der Waals surface area contributed by atoms with Crippen molar-refractivity contribution in [3.63, 3.8) is 0 Å². The number of carbonyl (C=O) groups excluding carboxylic acids is 2. The molecule has 0 aliphatic heterocycles. The van der Waals surface area contributed by atoms with Gasteiger partial charge in [0, 0.05) is 22.7 Å². The van der Waals surface area contributed by atoms with Gasteiger partial charge >= 0.3 is 0 Å². The van der Waals surface area contributed by atoms with E-state index < -0.39 is 0 Å². The fourth-order valence-electron chi connectivity index (χ4n) is 2.45. The number of pyridine rings is 1. The Bertz CT molecular complexity index is 949. The normalized spacial score (nSPS) is 10.6. The monoisotopic (exact) mass is 322 g/mol.